The molecule has 0 aromatic carbocycles. The molecule has 1 heterocycles. The van der Waals surface area contributed by atoms with Crippen molar-refractivity contribution in [3.8, 4) is 0 Å². The lowest BCUT2D eigenvalue weighted by atomic mass is 9.71. The topological polar surface area (TPSA) is 38.0 Å². The molecule has 0 bridgehead atoms. The molecule has 2 aliphatic rings. The summed E-state index contributed by atoms with van der Waals surface area (Å²) in [6.07, 6.45) is 8.04. The van der Waals surface area contributed by atoms with Crippen LogP contribution in [-0.4, -0.2) is 11.0 Å². The van der Waals surface area contributed by atoms with Crippen LogP contribution < -0.4 is 11.3 Å². The number of hydrazine groups is 1. The van der Waals surface area contributed by atoms with Gasteiger partial charge in [0.05, 0.1) is 0 Å². The van der Waals surface area contributed by atoms with Crippen molar-refractivity contribution in [2.45, 2.75) is 57.6 Å². The van der Waals surface area contributed by atoms with E-state index in [4.69, 9.17) is 5.84 Å². The molecule has 5 atom stereocenters. The zero-order chi connectivity index (χ0) is 13.8. The summed E-state index contributed by atoms with van der Waals surface area (Å²) in [7, 11) is 0. The minimum atomic E-state index is 0.893. The minimum Gasteiger partial charge on any atom is -0.329 e. The van der Waals surface area contributed by atoms with E-state index in [9.17, 15) is 0 Å². The largest absolute Gasteiger partial charge is 0.329 e. The molecular formula is C16H30N2S. The van der Waals surface area contributed by atoms with Gasteiger partial charge < -0.3 is 5.43 Å². The molecule has 0 amide bonds. The molecule has 3 N–H and O–H groups in total. The Morgan fingerprint density at radius 3 is 2.68 bits per heavy atom. The highest BCUT2D eigenvalue weighted by molar-refractivity contribution is 8.00. The maximum absolute atomic E-state index is 5.43. The summed E-state index contributed by atoms with van der Waals surface area (Å²) in [5, 5.41) is 0.902. The van der Waals surface area contributed by atoms with Crippen LogP contribution in [0.2, 0.25) is 0 Å². The van der Waals surface area contributed by atoms with Gasteiger partial charge >= 0.3 is 0 Å². The molecule has 0 radical (unpaired) electrons. The number of allylic oxidation sites excluding steroid dienone is 1. The van der Waals surface area contributed by atoms with Crippen molar-refractivity contribution in [3.05, 3.63) is 12.3 Å². The highest BCUT2D eigenvalue weighted by Gasteiger charge is 2.40. The Labute approximate surface area is 122 Å². The van der Waals surface area contributed by atoms with Gasteiger partial charge in [0.2, 0.25) is 0 Å². The minimum absolute atomic E-state index is 0.893. The first-order valence-electron chi connectivity index (χ1n) is 7.89. The molecule has 0 spiro atoms. The highest BCUT2D eigenvalue weighted by Crippen LogP contribution is 2.48. The van der Waals surface area contributed by atoms with Gasteiger partial charge in [-0.05, 0) is 48.7 Å². The van der Waals surface area contributed by atoms with Crippen molar-refractivity contribution in [3.63, 3.8) is 0 Å². The molecule has 0 aromatic heterocycles. The first-order valence-corrected chi connectivity index (χ1v) is 8.94. The molecule has 2 fully saturated rings. The standard InChI is InChI=1S/C16H30N2S/c1-11-10-19-16(13(11)3)15-7-5-4-6-14(15)9-8-12(2)18-17/h11,13-16,18H,2,4-10,17H2,1,3H3/t11?,13?,14?,15?,16-/m0/s1. The van der Waals surface area contributed by atoms with E-state index in [-0.39, 0.29) is 0 Å². The van der Waals surface area contributed by atoms with E-state index in [1.165, 1.54) is 37.9 Å². The molecule has 0 aromatic rings. The van der Waals surface area contributed by atoms with Crippen molar-refractivity contribution >= 4 is 11.8 Å². The summed E-state index contributed by atoms with van der Waals surface area (Å²) >= 11 is 2.25. The summed E-state index contributed by atoms with van der Waals surface area (Å²) in [5.74, 6) is 10.4. The molecule has 2 nitrogen and oxygen atoms in total. The SMILES string of the molecule is C=C(CCC1CCCCC1[C@H]1SCC(C)C1C)NN. The van der Waals surface area contributed by atoms with Gasteiger partial charge in [-0.25, -0.2) is 0 Å². The molecule has 1 saturated heterocycles. The summed E-state index contributed by atoms with van der Waals surface area (Å²) in [4.78, 5) is 0. The lowest BCUT2D eigenvalue weighted by Crippen LogP contribution is -2.32. The van der Waals surface area contributed by atoms with Gasteiger partial charge in [-0.3, -0.25) is 5.84 Å². The molecule has 3 heteroatoms. The van der Waals surface area contributed by atoms with E-state index in [2.05, 4.69) is 37.6 Å². The third-order valence-electron chi connectivity index (χ3n) is 5.38. The van der Waals surface area contributed by atoms with Crippen molar-refractivity contribution in [1.29, 1.82) is 0 Å². The predicted molar refractivity (Wildman–Crippen MR) is 85.7 cm³/mol. The number of nitrogens with one attached hydrogen (secondary N) is 1. The second-order valence-electron chi connectivity index (χ2n) is 6.63. The van der Waals surface area contributed by atoms with E-state index >= 15 is 0 Å². The first kappa shape index (κ1) is 15.2. The predicted octanol–water partition coefficient (Wildman–Crippen LogP) is 3.94. The summed E-state index contributed by atoms with van der Waals surface area (Å²) in [6, 6.07) is 0. The van der Waals surface area contributed by atoms with Crippen LogP contribution in [0.5, 0.6) is 0 Å². The number of hydrogen-bond donors (Lipinski definition) is 2. The lowest BCUT2D eigenvalue weighted by molar-refractivity contribution is 0.190. The highest BCUT2D eigenvalue weighted by atomic mass is 32.2. The van der Waals surface area contributed by atoms with Gasteiger partial charge in [0, 0.05) is 10.9 Å². The smallest absolute Gasteiger partial charge is 0.0187 e. The third kappa shape index (κ3) is 3.69. The maximum atomic E-state index is 5.43. The summed E-state index contributed by atoms with van der Waals surface area (Å²) < 4.78 is 0. The van der Waals surface area contributed by atoms with E-state index in [1.54, 1.807) is 0 Å². The van der Waals surface area contributed by atoms with Crippen LogP contribution >= 0.6 is 11.8 Å². The number of rotatable bonds is 5. The second kappa shape index (κ2) is 7.03. The summed E-state index contributed by atoms with van der Waals surface area (Å²) in [5.41, 5.74) is 3.70. The zero-order valence-corrected chi connectivity index (χ0v) is 13.3. The van der Waals surface area contributed by atoms with Crippen LogP contribution in [0.4, 0.5) is 0 Å². The van der Waals surface area contributed by atoms with Crippen LogP contribution in [0.1, 0.15) is 52.4 Å². The Hall–Kier alpha value is -0.150. The van der Waals surface area contributed by atoms with Crippen molar-refractivity contribution in [2.24, 2.45) is 29.5 Å². The van der Waals surface area contributed by atoms with Gasteiger partial charge in [0.25, 0.3) is 0 Å². The van der Waals surface area contributed by atoms with Gasteiger partial charge in [0.1, 0.15) is 0 Å². The molecule has 4 unspecified atom stereocenters. The van der Waals surface area contributed by atoms with Crippen LogP contribution in [-0.2, 0) is 0 Å². The lowest BCUT2D eigenvalue weighted by Gasteiger charge is -2.37. The maximum Gasteiger partial charge on any atom is 0.0187 e. The molecule has 110 valence electrons. The van der Waals surface area contributed by atoms with Gasteiger partial charge in [-0.1, -0.05) is 39.7 Å². The fourth-order valence-electron chi connectivity index (χ4n) is 3.86. The Morgan fingerprint density at radius 2 is 2.05 bits per heavy atom. The van der Waals surface area contributed by atoms with Gasteiger partial charge in [-0.15, -0.1) is 0 Å². The van der Waals surface area contributed by atoms with E-state index in [0.717, 1.165) is 41.0 Å². The van der Waals surface area contributed by atoms with E-state index < -0.39 is 0 Å². The fraction of sp³-hybridized carbons (Fsp3) is 0.875. The fourth-order valence-corrected chi connectivity index (χ4v) is 5.87. The Bertz CT molecular complexity index is 305. The Balaban J connectivity index is 1.94. The van der Waals surface area contributed by atoms with Crippen molar-refractivity contribution < 1.29 is 0 Å². The Morgan fingerprint density at radius 1 is 1.32 bits per heavy atom. The molecule has 1 saturated carbocycles. The van der Waals surface area contributed by atoms with E-state index in [1.807, 2.05) is 0 Å². The molecular weight excluding hydrogens is 252 g/mol. The van der Waals surface area contributed by atoms with Gasteiger partial charge in [0.15, 0.2) is 0 Å². The molecule has 1 aliphatic heterocycles. The average Bonchev–Trinajstić information content (AvgIpc) is 2.76. The van der Waals surface area contributed by atoms with Crippen molar-refractivity contribution in [1.82, 2.24) is 5.43 Å². The number of thioether (sulfide) groups is 1. The molecule has 19 heavy (non-hydrogen) atoms. The Kier molecular flexibility index (Phi) is 5.64. The first-order chi connectivity index (χ1) is 9.13. The van der Waals surface area contributed by atoms with Crippen LogP contribution in [0, 0.1) is 23.7 Å². The van der Waals surface area contributed by atoms with Crippen molar-refractivity contribution in [2.75, 3.05) is 5.75 Å². The van der Waals surface area contributed by atoms with Crippen LogP contribution in [0.25, 0.3) is 0 Å². The number of nitrogens with two attached hydrogens (primary N) is 1. The van der Waals surface area contributed by atoms with E-state index in [0.29, 0.717) is 0 Å². The average molecular weight is 282 g/mol. The van der Waals surface area contributed by atoms with Gasteiger partial charge in [-0.2, -0.15) is 11.8 Å². The molecule has 1 aliphatic carbocycles. The quantitative estimate of drug-likeness (QED) is 0.592. The zero-order valence-electron chi connectivity index (χ0n) is 12.5. The number of hydrogen-bond acceptors (Lipinski definition) is 3. The van der Waals surface area contributed by atoms with Crippen LogP contribution in [0.3, 0.4) is 0 Å². The monoisotopic (exact) mass is 282 g/mol. The second-order valence-corrected chi connectivity index (χ2v) is 7.84. The molecule has 2 rings (SSSR count). The summed E-state index contributed by atoms with van der Waals surface area (Å²) in [6.45, 7) is 8.87. The normalized spacial score (nSPS) is 39.2. The van der Waals surface area contributed by atoms with Crippen LogP contribution in [0.15, 0.2) is 12.3 Å². The third-order valence-corrected chi connectivity index (χ3v) is 7.26.